The molecule has 0 saturated heterocycles. The van der Waals surface area contributed by atoms with E-state index in [-0.39, 0.29) is 16.6 Å². The fraction of sp³-hybridized carbons (Fsp3) is 0.700. The van der Waals surface area contributed by atoms with E-state index in [2.05, 4.69) is 26.8 Å². The molecule has 1 rings (SSSR count). The van der Waals surface area contributed by atoms with E-state index in [1.807, 2.05) is 0 Å². The Labute approximate surface area is 78.8 Å². The van der Waals surface area contributed by atoms with Gasteiger partial charge >= 0.3 is 0 Å². The second kappa shape index (κ2) is 3.21. The molecule has 0 saturated carbocycles. The highest BCUT2D eigenvalue weighted by Crippen LogP contribution is 2.39. The largest absolute Gasteiger partial charge is 0.281 e. The number of hydrogen-bond donors (Lipinski definition) is 0. The number of hydrogen-bond acceptors (Lipinski definition) is 1. The van der Waals surface area contributed by atoms with E-state index in [9.17, 15) is 4.79 Å². The molecule has 68 valence electrons. The Hall–Kier alpha value is -0.300. The lowest BCUT2D eigenvalue weighted by molar-refractivity contribution is -0.117. The zero-order chi connectivity index (χ0) is 9.35. The van der Waals surface area contributed by atoms with Gasteiger partial charge in [-0.05, 0) is 36.8 Å². The van der Waals surface area contributed by atoms with E-state index >= 15 is 0 Å². The van der Waals surface area contributed by atoms with Crippen LogP contribution in [-0.4, -0.2) is 5.24 Å². The van der Waals surface area contributed by atoms with Gasteiger partial charge in [0.15, 0.2) is 0 Å². The standard InChI is InChI=1S/C10H15ClO/c1-7-4-5-8(9(11)12)10(2,3)6-7/h6,8H,4-5H2,1-3H3. The van der Waals surface area contributed by atoms with Crippen LogP contribution in [0.3, 0.4) is 0 Å². The van der Waals surface area contributed by atoms with Gasteiger partial charge in [0.2, 0.25) is 5.24 Å². The average Bonchev–Trinajstić information content (AvgIpc) is 1.82. The molecule has 0 amide bonds. The molecule has 12 heavy (non-hydrogen) atoms. The maximum absolute atomic E-state index is 11.1. The van der Waals surface area contributed by atoms with Crippen molar-refractivity contribution >= 4 is 16.8 Å². The summed E-state index contributed by atoms with van der Waals surface area (Å²) >= 11 is 5.52. The predicted molar refractivity (Wildman–Crippen MR) is 51.1 cm³/mol. The van der Waals surface area contributed by atoms with Crippen LogP contribution in [0, 0.1) is 11.3 Å². The van der Waals surface area contributed by atoms with E-state index in [1.165, 1.54) is 5.57 Å². The van der Waals surface area contributed by atoms with Crippen LogP contribution in [0.2, 0.25) is 0 Å². The quantitative estimate of drug-likeness (QED) is 0.454. The third-order valence-corrected chi connectivity index (χ3v) is 2.88. The smallest absolute Gasteiger partial charge is 0.225 e. The number of halogens is 1. The molecular formula is C10H15ClO. The second-order valence-corrected chi connectivity index (χ2v) is 4.58. The highest BCUT2D eigenvalue weighted by molar-refractivity contribution is 6.64. The van der Waals surface area contributed by atoms with Gasteiger partial charge in [0.05, 0.1) is 0 Å². The number of carbonyl (C=O) groups excluding carboxylic acids is 1. The first-order valence-corrected chi connectivity index (χ1v) is 4.69. The predicted octanol–water partition coefficient (Wildman–Crippen LogP) is 3.13. The molecule has 0 radical (unpaired) electrons. The minimum absolute atomic E-state index is 0.00265. The topological polar surface area (TPSA) is 17.1 Å². The molecule has 1 aliphatic rings. The molecule has 0 bridgehead atoms. The zero-order valence-electron chi connectivity index (χ0n) is 7.86. The van der Waals surface area contributed by atoms with E-state index in [4.69, 9.17) is 11.6 Å². The van der Waals surface area contributed by atoms with Crippen LogP contribution in [0.15, 0.2) is 11.6 Å². The van der Waals surface area contributed by atoms with Crippen LogP contribution in [0.1, 0.15) is 33.6 Å². The molecule has 0 aromatic rings. The number of carbonyl (C=O) groups is 1. The molecule has 0 heterocycles. The van der Waals surface area contributed by atoms with Crippen molar-refractivity contribution in [2.75, 3.05) is 0 Å². The average molecular weight is 187 g/mol. The molecule has 1 unspecified atom stereocenters. The molecule has 0 aliphatic heterocycles. The first kappa shape index (κ1) is 9.79. The lowest BCUT2D eigenvalue weighted by Gasteiger charge is -2.33. The van der Waals surface area contributed by atoms with Gasteiger partial charge in [0, 0.05) is 5.92 Å². The summed E-state index contributed by atoms with van der Waals surface area (Å²) in [6.07, 6.45) is 4.08. The Morgan fingerprint density at radius 1 is 1.67 bits per heavy atom. The minimum Gasteiger partial charge on any atom is -0.281 e. The van der Waals surface area contributed by atoms with E-state index in [0.29, 0.717) is 0 Å². The maximum atomic E-state index is 11.1. The molecule has 0 aromatic heterocycles. The summed E-state index contributed by atoms with van der Waals surface area (Å²) in [5, 5.41) is -0.191. The molecule has 0 fully saturated rings. The molecule has 1 aliphatic carbocycles. The Bertz CT molecular complexity index is 228. The molecule has 0 aromatic carbocycles. The van der Waals surface area contributed by atoms with Gasteiger partial charge in [-0.3, -0.25) is 4.79 Å². The van der Waals surface area contributed by atoms with Crippen LogP contribution in [-0.2, 0) is 4.79 Å². The van der Waals surface area contributed by atoms with Crippen LogP contribution < -0.4 is 0 Å². The van der Waals surface area contributed by atoms with Gasteiger partial charge < -0.3 is 0 Å². The summed E-state index contributed by atoms with van der Waals surface area (Å²) in [5.74, 6) is 0.00265. The van der Waals surface area contributed by atoms with Crippen LogP contribution >= 0.6 is 11.6 Å². The minimum atomic E-state index is -0.191. The second-order valence-electron chi connectivity index (χ2n) is 4.21. The van der Waals surface area contributed by atoms with Crippen molar-refractivity contribution in [1.29, 1.82) is 0 Å². The van der Waals surface area contributed by atoms with E-state index in [1.54, 1.807) is 0 Å². The Morgan fingerprint density at radius 2 is 2.25 bits per heavy atom. The lowest BCUT2D eigenvalue weighted by atomic mass is 9.72. The Kier molecular flexibility index (Phi) is 2.62. The summed E-state index contributed by atoms with van der Waals surface area (Å²) < 4.78 is 0. The van der Waals surface area contributed by atoms with Gasteiger partial charge in [-0.25, -0.2) is 0 Å². The number of allylic oxidation sites excluding steroid dienone is 2. The molecule has 1 atom stereocenters. The van der Waals surface area contributed by atoms with Crippen LogP contribution in [0.4, 0.5) is 0 Å². The SMILES string of the molecule is CC1=CC(C)(C)C(C(=O)Cl)CC1. The maximum Gasteiger partial charge on any atom is 0.225 e. The summed E-state index contributed by atoms with van der Waals surface area (Å²) in [5.41, 5.74) is 1.32. The fourth-order valence-electron chi connectivity index (χ4n) is 1.96. The van der Waals surface area contributed by atoms with Crippen molar-refractivity contribution in [3.05, 3.63) is 11.6 Å². The van der Waals surface area contributed by atoms with Gasteiger partial charge in [-0.1, -0.05) is 25.5 Å². The van der Waals surface area contributed by atoms with Crippen molar-refractivity contribution in [2.24, 2.45) is 11.3 Å². The van der Waals surface area contributed by atoms with Gasteiger partial charge in [-0.15, -0.1) is 0 Å². The molecule has 0 N–H and O–H groups in total. The summed E-state index contributed by atoms with van der Waals surface area (Å²) in [4.78, 5) is 11.1. The summed E-state index contributed by atoms with van der Waals surface area (Å²) in [7, 11) is 0. The molecule has 0 spiro atoms. The first-order chi connectivity index (χ1) is 5.43. The van der Waals surface area contributed by atoms with Crippen LogP contribution in [0.5, 0.6) is 0 Å². The Balaban J connectivity index is 2.89. The Morgan fingerprint density at radius 3 is 2.67 bits per heavy atom. The van der Waals surface area contributed by atoms with Crippen molar-refractivity contribution in [3.63, 3.8) is 0 Å². The summed E-state index contributed by atoms with van der Waals surface area (Å²) in [6, 6.07) is 0. The van der Waals surface area contributed by atoms with Crippen molar-refractivity contribution in [3.8, 4) is 0 Å². The highest BCUT2D eigenvalue weighted by atomic mass is 35.5. The van der Waals surface area contributed by atoms with Crippen molar-refractivity contribution < 1.29 is 4.79 Å². The monoisotopic (exact) mass is 186 g/mol. The lowest BCUT2D eigenvalue weighted by Crippen LogP contribution is -2.29. The van der Waals surface area contributed by atoms with E-state index in [0.717, 1.165) is 12.8 Å². The third-order valence-electron chi connectivity index (χ3n) is 2.62. The van der Waals surface area contributed by atoms with Gasteiger partial charge in [0.1, 0.15) is 0 Å². The highest BCUT2D eigenvalue weighted by Gasteiger charge is 2.34. The molecule has 1 nitrogen and oxygen atoms in total. The van der Waals surface area contributed by atoms with Crippen molar-refractivity contribution in [1.82, 2.24) is 0 Å². The fourth-order valence-corrected chi connectivity index (χ4v) is 2.35. The summed E-state index contributed by atoms with van der Waals surface area (Å²) in [6.45, 7) is 6.25. The van der Waals surface area contributed by atoms with Gasteiger partial charge in [-0.2, -0.15) is 0 Å². The van der Waals surface area contributed by atoms with Gasteiger partial charge in [0.25, 0.3) is 0 Å². The normalized spacial score (nSPS) is 28.0. The molecule has 2 heteroatoms. The van der Waals surface area contributed by atoms with E-state index < -0.39 is 0 Å². The van der Waals surface area contributed by atoms with Crippen LogP contribution in [0.25, 0.3) is 0 Å². The third kappa shape index (κ3) is 1.89. The van der Waals surface area contributed by atoms with Crippen molar-refractivity contribution in [2.45, 2.75) is 33.6 Å². The number of rotatable bonds is 1. The first-order valence-electron chi connectivity index (χ1n) is 4.31. The molecular weight excluding hydrogens is 172 g/mol. The zero-order valence-corrected chi connectivity index (χ0v) is 8.61.